The van der Waals surface area contributed by atoms with Gasteiger partial charge in [-0.3, -0.25) is 0 Å². The number of hydrogen-bond donors (Lipinski definition) is 2. The summed E-state index contributed by atoms with van der Waals surface area (Å²) >= 11 is 3.29. The molecule has 1 atom stereocenters. The van der Waals surface area contributed by atoms with Crippen LogP contribution in [0, 0.1) is 0 Å². The first kappa shape index (κ1) is 10.3. The molecular weight excluding hydrogens is 230 g/mol. The van der Waals surface area contributed by atoms with E-state index in [0.29, 0.717) is 4.47 Å². The molecular formula is C10H12BrNO. The van der Waals surface area contributed by atoms with Crippen LogP contribution in [0.3, 0.4) is 0 Å². The molecule has 0 bridgehead atoms. The average molecular weight is 242 g/mol. The van der Waals surface area contributed by atoms with E-state index in [0.717, 1.165) is 5.56 Å². The van der Waals surface area contributed by atoms with Crippen LogP contribution in [-0.4, -0.2) is 11.1 Å². The highest BCUT2D eigenvalue weighted by Gasteiger charge is 2.00. The van der Waals surface area contributed by atoms with Crippen LogP contribution >= 0.6 is 15.9 Å². The summed E-state index contributed by atoms with van der Waals surface area (Å²) in [6, 6.07) is 5.35. The van der Waals surface area contributed by atoms with E-state index in [1.807, 2.05) is 25.1 Å². The quantitative estimate of drug-likeness (QED) is 0.836. The topological polar surface area (TPSA) is 46.2 Å². The summed E-state index contributed by atoms with van der Waals surface area (Å²) in [4.78, 5) is 0. The molecule has 1 unspecified atom stereocenters. The van der Waals surface area contributed by atoms with Crippen LogP contribution in [0.1, 0.15) is 12.5 Å². The summed E-state index contributed by atoms with van der Waals surface area (Å²) in [6.07, 6.45) is 3.76. The minimum Gasteiger partial charge on any atom is -0.507 e. The maximum atomic E-state index is 9.35. The molecule has 0 saturated carbocycles. The Bertz CT molecular complexity index is 321. The van der Waals surface area contributed by atoms with E-state index in [4.69, 9.17) is 5.73 Å². The zero-order valence-corrected chi connectivity index (χ0v) is 8.95. The predicted octanol–water partition coefficient (Wildman–Crippen LogP) is 2.52. The largest absolute Gasteiger partial charge is 0.507 e. The van der Waals surface area contributed by atoms with Gasteiger partial charge in [-0.1, -0.05) is 24.3 Å². The number of aromatic hydroxyl groups is 1. The molecule has 1 aromatic rings. The van der Waals surface area contributed by atoms with E-state index in [9.17, 15) is 5.11 Å². The van der Waals surface area contributed by atoms with Crippen LogP contribution < -0.4 is 5.73 Å². The fraction of sp³-hybridized carbons (Fsp3) is 0.200. The molecule has 0 radical (unpaired) electrons. The Balaban J connectivity index is 2.95. The third-order valence-electron chi connectivity index (χ3n) is 1.59. The van der Waals surface area contributed by atoms with E-state index in [1.54, 1.807) is 12.1 Å². The second kappa shape index (κ2) is 4.44. The predicted molar refractivity (Wildman–Crippen MR) is 58.5 cm³/mol. The van der Waals surface area contributed by atoms with Crippen LogP contribution in [0.4, 0.5) is 0 Å². The lowest BCUT2D eigenvalue weighted by Crippen LogP contribution is -2.09. The second-order valence-electron chi connectivity index (χ2n) is 2.90. The molecule has 1 aromatic carbocycles. The third-order valence-corrected chi connectivity index (χ3v) is 2.45. The van der Waals surface area contributed by atoms with E-state index in [1.165, 1.54) is 0 Å². The number of benzene rings is 1. The van der Waals surface area contributed by atoms with Gasteiger partial charge in [-0.15, -0.1) is 0 Å². The fourth-order valence-electron chi connectivity index (χ4n) is 0.921. The van der Waals surface area contributed by atoms with Crippen molar-refractivity contribution in [3.63, 3.8) is 0 Å². The standard InChI is InChI=1S/C10H12BrNO/c1-7(12)5-6-8-3-2-4-9(13)10(8)11/h2-7,13H,12H2,1H3/b6-5+. The van der Waals surface area contributed by atoms with Gasteiger partial charge in [0.1, 0.15) is 5.75 Å². The van der Waals surface area contributed by atoms with Crippen LogP contribution in [0.15, 0.2) is 28.7 Å². The van der Waals surface area contributed by atoms with E-state index in [-0.39, 0.29) is 11.8 Å². The van der Waals surface area contributed by atoms with Crippen molar-refractivity contribution in [2.45, 2.75) is 13.0 Å². The minimum atomic E-state index is 0.0225. The van der Waals surface area contributed by atoms with Crippen molar-refractivity contribution < 1.29 is 5.11 Å². The van der Waals surface area contributed by atoms with Crippen molar-refractivity contribution in [3.05, 3.63) is 34.3 Å². The smallest absolute Gasteiger partial charge is 0.130 e. The van der Waals surface area contributed by atoms with E-state index in [2.05, 4.69) is 15.9 Å². The third kappa shape index (κ3) is 2.86. The molecule has 0 aliphatic heterocycles. The molecule has 0 spiro atoms. The van der Waals surface area contributed by atoms with Gasteiger partial charge in [-0.25, -0.2) is 0 Å². The second-order valence-corrected chi connectivity index (χ2v) is 3.69. The molecule has 3 N–H and O–H groups in total. The summed E-state index contributed by atoms with van der Waals surface area (Å²) in [6.45, 7) is 1.90. The monoisotopic (exact) mass is 241 g/mol. The lowest BCUT2D eigenvalue weighted by atomic mass is 10.2. The van der Waals surface area contributed by atoms with Gasteiger partial charge in [-0.05, 0) is 34.5 Å². The summed E-state index contributed by atoms with van der Waals surface area (Å²) in [5.41, 5.74) is 6.49. The molecule has 2 nitrogen and oxygen atoms in total. The molecule has 0 aliphatic carbocycles. The van der Waals surface area contributed by atoms with Gasteiger partial charge in [0, 0.05) is 6.04 Å². The minimum absolute atomic E-state index is 0.0225. The van der Waals surface area contributed by atoms with Gasteiger partial charge in [0.05, 0.1) is 4.47 Å². The molecule has 3 heteroatoms. The first-order chi connectivity index (χ1) is 6.11. The Hall–Kier alpha value is -0.800. The Morgan fingerprint density at radius 3 is 2.85 bits per heavy atom. The van der Waals surface area contributed by atoms with E-state index >= 15 is 0 Å². The SMILES string of the molecule is CC(N)/C=C/c1cccc(O)c1Br. The maximum Gasteiger partial charge on any atom is 0.130 e. The molecule has 70 valence electrons. The highest BCUT2D eigenvalue weighted by molar-refractivity contribution is 9.10. The Kier molecular flexibility index (Phi) is 3.51. The number of halogens is 1. The van der Waals surface area contributed by atoms with Crippen molar-refractivity contribution in [3.8, 4) is 5.75 Å². The Morgan fingerprint density at radius 1 is 1.54 bits per heavy atom. The molecule has 1 rings (SSSR count). The van der Waals surface area contributed by atoms with Crippen molar-refractivity contribution in [1.82, 2.24) is 0 Å². The highest BCUT2D eigenvalue weighted by Crippen LogP contribution is 2.27. The zero-order chi connectivity index (χ0) is 9.84. The lowest BCUT2D eigenvalue weighted by Gasteiger charge is -2.01. The molecule has 0 aromatic heterocycles. The first-order valence-electron chi connectivity index (χ1n) is 4.02. The summed E-state index contributed by atoms with van der Waals surface area (Å²) in [5.74, 6) is 0.242. The van der Waals surface area contributed by atoms with Crippen LogP contribution in [0.25, 0.3) is 6.08 Å². The molecule has 0 fully saturated rings. The highest BCUT2D eigenvalue weighted by atomic mass is 79.9. The summed E-state index contributed by atoms with van der Waals surface area (Å²) < 4.78 is 0.701. The average Bonchev–Trinajstić information content (AvgIpc) is 2.07. The maximum absolute atomic E-state index is 9.35. The van der Waals surface area contributed by atoms with Gasteiger partial charge in [0.15, 0.2) is 0 Å². The Labute approximate surface area is 86.2 Å². The number of nitrogens with two attached hydrogens (primary N) is 1. The number of rotatable bonds is 2. The molecule has 0 saturated heterocycles. The van der Waals surface area contributed by atoms with E-state index < -0.39 is 0 Å². The van der Waals surface area contributed by atoms with Crippen molar-refractivity contribution in [1.29, 1.82) is 0 Å². The number of phenols is 1. The van der Waals surface area contributed by atoms with Gasteiger partial charge in [0.25, 0.3) is 0 Å². The van der Waals surface area contributed by atoms with Crippen LogP contribution in [0.2, 0.25) is 0 Å². The normalized spacial score (nSPS) is 13.5. The number of phenolic OH excluding ortho intramolecular Hbond substituents is 1. The molecule has 0 heterocycles. The summed E-state index contributed by atoms with van der Waals surface area (Å²) in [5, 5.41) is 9.35. The molecule has 0 amide bonds. The van der Waals surface area contributed by atoms with Crippen LogP contribution in [0.5, 0.6) is 5.75 Å². The van der Waals surface area contributed by atoms with Crippen molar-refractivity contribution in [2.24, 2.45) is 5.73 Å². The summed E-state index contributed by atoms with van der Waals surface area (Å²) in [7, 11) is 0. The molecule has 13 heavy (non-hydrogen) atoms. The van der Waals surface area contributed by atoms with Gasteiger partial charge in [0.2, 0.25) is 0 Å². The Morgan fingerprint density at radius 2 is 2.23 bits per heavy atom. The van der Waals surface area contributed by atoms with Crippen LogP contribution in [-0.2, 0) is 0 Å². The molecule has 0 aliphatic rings. The van der Waals surface area contributed by atoms with Gasteiger partial charge >= 0.3 is 0 Å². The van der Waals surface area contributed by atoms with Gasteiger partial charge in [-0.2, -0.15) is 0 Å². The van der Waals surface area contributed by atoms with Crippen molar-refractivity contribution >= 4 is 22.0 Å². The van der Waals surface area contributed by atoms with Gasteiger partial charge < -0.3 is 10.8 Å². The lowest BCUT2D eigenvalue weighted by molar-refractivity contribution is 0.472. The first-order valence-corrected chi connectivity index (χ1v) is 4.82. The zero-order valence-electron chi connectivity index (χ0n) is 7.37. The fourth-order valence-corrected chi connectivity index (χ4v) is 1.32. The number of hydrogen-bond acceptors (Lipinski definition) is 2. The van der Waals surface area contributed by atoms with Crippen molar-refractivity contribution in [2.75, 3.05) is 0 Å².